The van der Waals surface area contributed by atoms with Gasteiger partial charge in [-0.25, -0.2) is 9.48 Å². The maximum absolute atomic E-state index is 12.1. The van der Waals surface area contributed by atoms with Crippen molar-refractivity contribution in [3.05, 3.63) is 41.0 Å². The summed E-state index contributed by atoms with van der Waals surface area (Å²) < 4.78 is 7.00. The number of esters is 1. The van der Waals surface area contributed by atoms with Crippen molar-refractivity contribution < 1.29 is 9.53 Å². The lowest BCUT2D eigenvalue weighted by molar-refractivity contribution is 0.00619. The Kier molecular flexibility index (Phi) is 4.06. The van der Waals surface area contributed by atoms with Crippen molar-refractivity contribution in [3.63, 3.8) is 0 Å². The number of ether oxygens (including phenoxy) is 1. The Labute approximate surface area is 124 Å². The van der Waals surface area contributed by atoms with Crippen molar-refractivity contribution in [2.75, 3.05) is 0 Å². The molecule has 0 fully saturated rings. The average Bonchev–Trinajstić information content (AvgIpc) is 2.69. The Hall–Kier alpha value is -2.24. The number of nitrogens with zero attached hydrogens (tertiary/aromatic N) is 4. The number of hydrogen-bond acceptors (Lipinski definition) is 5. The molecule has 112 valence electrons. The molecule has 0 radical (unpaired) electrons. The molecule has 6 heteroatoms. The third-order valence-corrected chi connectivity index (χ3v) is 2.84. The van der Waals surface area contributed by atoms with Crippen molar-refractivity contribution in [3.8, 4) is 0 Å². The van der Waals surface area contributed by atoms with E-state index >= 15 is 0 Å². The van der Waals surface area contributed by atoms with Crippen molar-refractivity contribution >= 4 is 5.97 Å². The third-order valence-electron chi connectivity index (χ3n) is 2.84. The van der Waals surface area contributed by atoms with Gasteiger partial charge in [-0.2, -0.15) is 0 Å². The molecule has 0 atom stereocenters. The topological polar surface area (TPSA) is 69.9 Å². The molecule has 0 aliphatic carbocycles. The Morgan fingerprint density at radius 2 is 2.00 bits per heavy atom. The number of hydrogen-bond donors (Lipinski definition) is 0. The van der Waals surface area contributed by atoms with Crippen LogP contribution in [0.15, 0.2) is 18.5 Å². The van der Waals surface area contributed by atoms with Gasteiger partial charge >= 0.3 is 5.97 Å². The van der Waals surface area contributed by atoms with Gasteiger partial charge in [-0.1, -0.05) is 11.3 Å². The predicted molar refractivity (Wildman–Crippen MR) is 78.0 cm³/mol. The second kappa shape index (κ2) is 5.63. The molecule has 0 N–H and O–H groups in total. The largest absolute Gasteiger partial charge is 0.455 e. The van der Waals surface area contributed by atoms with Crippen LogP contribution < -0.4 is 0 Å². The summed E-state index contributed by atoms with van der Waals surface area (Å²) in [6.07, 6.45) is 3.57. The van der Waals surface area contributed by atoms with Gasteiger partial charge < -0.3 is 4.74 Å². The van der Waals surface area contributed by atoms with Crippen LogP contribution in [0.3, 0.4) is 0 Å². The lowest BCUT2D eigenvalue weighted by Gasteiger charge is -2.18. The van der Waals surface area contributed by atoms with Crippen molar-refractivity contribution in [1.29, 1.82) is 0 Å². The second-order valence-electron chi connectivity index (χ2n) is 6.05. The van der Waals surface area contributed by atoms with Gasteiger partial charge in [0.1, 0.15) is 5.60 Å². The maximum atomic E-state index is 12.1. The van der Waals surface area contributed by atoms with E-state index in [0.29, 0.717) is 12.2 Å². The number of aryl methyl sites for hydroxylation is 1. The van der Waals surface area contributed by atoms with Gasteiger partial charge in [0.25, 0.3) is 0 Å². The van der Waals surface area contributed by atoms with Crippen LogP contribution in [0.1, 0.15) is 48.1 Å². The van der Waals surface area contributed by atoms with Crippen LogP contribution in [-0.4, -0.2) is 31.5 Å². The Bertz CT molecular complexity index is 656. The molecular formula is C15H20N4O2. The Balaban J connectivity index is 2.19. The first-order chi connectivity index (χ1) is 9.76. The van der Waals surface area contributed by atoms with Crippen molar-refractivity contribution in [2.24, 2.45) is 0 Å². The molecule has 21 heavy (non-hydrogen) atoms. The van der Waals surface area contributed by atoms with E-state index in [1.165, 1.54) is 0 Å². The molecule has 2 heterocycles. The van der Waals surface area contributed by atoms with Gasteiger partial charge in [0.15, 0.2) is 5.69 Å². The Morgan fingerprint density at radius 1 is 1.29 bits per heavy atom. The van der Waals surface area contributed by atoms with Crippen LogP contribution in [0, 0.1) is 13.8 Å². The zero-order valence-electron chi connectivity index (χ0n) is 13.0. The van der Waals surface area contributed by atoms with Crippen LogP contribution in [0.2, 0.25) is 0 Å². The van der Waals surface area contributed by atoms with Crippen LogP contribution >= 0.6 is 0 Å². The van der Waals surface area contributed by atoms with Gasteiger partial charge in [0, 0.05) is 12.4 Å². The Morgan fingerprint density at radius 3 is 2.62 bits per heavy atom. The monoisotopic (exact) mass is 288 g/mol. The zero-order chi connectivity index (χ0) is 15.6. The van der Waals surface area contributed by atoms with Gasteiger partial charge in [0.2, 0.25) is 0 Å². The smallest absolute Gasteiger partial charge is 0.361 e. The highest BCUT2D eigenvalue weighted by Gasteiger charge is 2.23. The lowest BCUT2D eigenvalue weighted by Crippen LogP contribution is -2.24. The molecule has 2 rings (SSSR count). The van der Waals surface area contributed by atoms with E-state index < -0.39 is 11.6 Å². The molecular weight excluding hydrogens is 268 g/mol. The van der Waals surface area contributed by atoms with Crippen LogP contribution in [-0.2, 0) is 11.3 Å². The molecule has 0 aliphatic heterocycles. The number of aromatic nitrogens is 4. The average molecular weight is 288 g/mol. The molecule has 2 aromatic rings. The fraction of sp³-hybridized carbons (Fsp3) is 0.467. The van der Waals surface area contributed by atoms with Gasteiger partial charge in [-0.3, -0.25) is 4.98 Å². The third kappa shape index (κ3) is 3.87. The van der Waals surface area contributed by atoms with E-state index in [4.69, 9.17) is 4.74 Å². The van der Waals surface area contributed by atoms with E-state index in [1.54, 1.807) is 17.1 Å². The van der Waals surface area contributed by atoms with Gasteiger partial charge in [-0.15, -0.1) is 5.10 Å². The van der Waals surface area contributed by atoms with Gasteiger partial charge in [-0.05, 0) is 45.7 Å². The quantitative estimate of drug-likeness (QED) is 0.810. The standard InChI is InChI=1S/C15H20N4O2/c1-10-6-12(8-16-7-10)9-19-11(2)13(17-18-19)14(20)21-15(3,4)5/h6-8H,9H2,1-5H3. The molecule has 2 aromatic heterocycles. The number of rotatable bonds is 3. The molecule has 0 spiro atoms. The molecule has 0 unspecified atom stereocenters. The highest BCUT2D eigenvalue weighted by atomic mass is 16.6. The van der Waals surface area contributed by atoms with E-state index in [9.17, 15) is 4.79 Å². The summed E-state index contributed by atoms with van der Waals surface area (Å²) >= 11 is 0. The second-order valence-corrected chi connectivity index (χ2v) is 6.05. The SMILES string of the molecule is Cc1cncc(Cn2nnc(C(=O)OC(C)(C)C)c2C)c1. The number of pyridine rings is 1. The molecule has 0 amide bonds. The highest BCUT2D eigenvalue weighted by Crippen LogP contribution is 2.14. The molecule has 6 nitrogen and oxygen atoms in total. The van der Waals surface area contributed by atoms with E-state index in [-0.39, 0.29) is 5.69 Å². The molecule has 0 saturated carbocycles. The first-order valence-electron chi connectivity index (χ1n) is 6.80. The summed E-state index contributed by atoms with van der Waals surface area (Å²) in [5.74, 6) is -0.450. The summed E-state index contributed by atoms with van der Waals surface area (Å²) in [7, 11) is 0. The summed E-state index contributed by atoms with van der Waals surface area (Å²) in [5, 5.41) is 7.97. The summed E-state index contributed by atoms with van der Waals surface area (Å²) in [6, 6.07) is 2.03. The first-order valence-corrected chi connectivity index (χ1v) is 6.80. The predicted octanol–water partition coefficient (Wildman–Crippen LogP) is 2.29. The molecule has 0 saturated heterocycles. The van der Waals surface area contributed by atoms with E-state index in [1.807, 2.05) is 40.7 Å². The van der Waals surface area contributed by atoms with Crippen molar-refractivity contribution in [1.82, 2.24) is 20.0 Å². The molecule has 0 aliphatic rings. The van der Waals surface area contributed by atoms with Crippen LogP contribution in [0.25, 0.3) is 0 Å². The lowest BCUT2D eigenvalue weighted by atomic mass is 10.2. The fourth-order valence-corrected chi connectivity index (χ4v) is 1.90. The number of carbonyl (C=O) groups is 1. The molecule has 0 aromatic carbocycles. The minimum atomic E-state index is -0.548. The summed E-state index contributed by atoms with van der Waals surface area (Å²) in [6.45, 7) is 9.78. The molecule has 0 bridgehead atoms. The summed E-state index contributed by atoms with van der Waals surface area (Å²) in [5.41, 5.74) is 2.49. The van der Waals surface area contributed by atoms with E-state index in [2.05, 4.69) is 15.3 Å². The van der Waals surface area contributed by atoms with Crippen LogP contribution in [0.5, 0.6) is 0 Å². The fourth-order valence-electron chi connectivity index (χ4n) is 1.90. The van der Waals surface area contributed by atoms with E-state index in [0.717, 1.165) is 11.1 Å². The normalized spacial score (nSPS) is 11.5. The minimum Gasteiger partial charge on any atom is -0.455 e. The first kappa shape index (κ1) is 15.2. The maximum Gasteiger partial charge on any atom is 0.361 e. The van der Waals surface area contributed by atoms with Crippen LogP contribution in [0.4, 0.5) is 0 Å². The van der Waals surface area contributed by atoms with Gasteiger partial charge in [0.05, 0.1) is 12.2 Å². The zero-order valence-corrected chi connectivity index (χ0v) is 13.0. The highest BCUT2D eigenvalue weighted by molar-refractivity contribution is 5.88. The minimum absolute atomic E-state index is 0.255. The van der Waals surface area contributed by atoms with Crippen molar-refractivity contribution in [2.45, 2.75) is 46.8 Å². The summed E-state index contributed by atoms with van der Waals surface area (Å²) in [4.78, 5) is 16.2. The number of carbonyl (C=O) groups excluding carboxylic acids is 1.